The molecular formula is C18H21NO4S. The monoisotopic (exact) mass is 347 g/mol. The number of nitrogens with one attached hydrogen (secondary N) is 1. The third kappa shape index (κ3) is 3.64. The molecule has 0 atom stereocenters. The Kier molecular flexibility index (Phi) is 4.66. The van der Waals surface area contributed by atoms with Gasteiger partial charge in [-0.3, -0.25) is 4.72 Å². The molecule has 128 valence electrons. The van der Waals surface area contributed by atoms with E-state index in [1.54, 1.807) is 18.2 Å². The molecule has 24 heavy (non-hydrogen) atoms. The smallest absolute Gasteiger partial charge is 0.262 e. The minimum Gasteiger partial charge on any atom is -0.490 e. The second-order valence-corrected chi connectivity index (χ2v) is 7.72. The van der Waals surface area contributed by atoms with Crippen molar-refractivity contribution >= 4 is 15.7 Å². The van der Waals surface area contributed by atoms with Gasteiger partial charge in [-0.15, -0.1) is 0 Å². The standard InChI is InChI=1S/C18H21NO4S/c1-13(2)14-4-6-15(7-5-14)19-24(20,21)16-8-9-17-18(12-16)23-11-3-10-22-17/h4-9,12-13,19H,3,10-11H2,1-2H3. The van der Waals surface area contributed by atoms with E-state index in [1.807, 2.05) is 12.1 Å². The first kappa shape index (κ1) is 16.6. The molecule has 0 saturated carbocycles. The highest BCUT2D eigenvalue weighted by molar-refractivity contribution is 7.92. The number of hydrogen-bond donors (Lipinski definition) is 1. The van der Waals surface area contributed by atoms with Gasteiger partial charge in [-0.25, -0.2) is 8.42 Å². The molecule has 0 unspecified atom stereocenters. The molecule has 1 N–H and O–H groups in total. The van der Waals surface area contributed by atoms with E-state index in [0.29, 0.717) is 36.3 Å². The third-order valence-corrected chi connectivity index (χ3v) is 5.24. The van der Waals surface area contributed by atoms with Gasteiger partial charge in [0, 0.05) is 18.2 Å². The summed E-state index contributed by atoms with van der Waals surface area (Å²) < 4.78 is 38.9. The molecular weight excluding hydrogens is 326 g/mol. The van der Waals surface area contributed by atoms with Gasteiger partial charge in [-0.05, 0) is 35.7 Å². The van der Waals surface area contributed by atoms with E-state index in [1.165, 1.54) is 12.1 Å². The average Bonchev–Trinajstić information content (AvgIpc) is 2.79. The van der Waals surface area contributed by atoms with Gasteiger partial charge in [-0.1, -0.05) is 26.0 Å². The lowest BCUT2D eigenvalue weighted by Gasteiger charge is -2.12. The maximum absolute atomic E-state index is 12.6. The van der Waals surface area contributed by atoms with Crippen LogP contribution in [-0.4, -0.2) is 21.6 Å². The molecule has 3 rings (SSSR count). The number of hydrogen-bond acceptors (Lipinski definition) is 4. The average molecular weight is 347 g/mol. The van der Waals surface area contributed by atoms with E-state index in [0.717, 1.165) is 12.0 Å². The summed E-state index contributed by atoms with van der Waals surface area (Å²) in [7, 11) is -3.68. The highest BCUT2D eigenvalue weighted by Gasteiger charge is 2.19. The Morgan fingerprint density at radius 1 is 0.958 bits per heavy atom. The van der Waals surface area contributed by atoms with Gasteiger partial charge >= 0.3 is 0 Å². The fourth-order valence-corrected chi connectivity index (χ4v) is 3.53. The molecule has 0 amide bonds. The molecule has 5 nitrogen and oxygen atoms in total. The normalized spacial score (nSPS) is 14.3. The van der Waals surface area contributed by atoms with Crippen molar-refractivity contribution in [3.8, 4) is 11.5 Å². The van der Waals surface area contributed by atoms with E-state index >= 15 is 0 Å². The third-order valence-electron chi connectivity index (χ3n) is 3.86. The summed E-state index contributed by atoms with van der Waals surface area (Å²) in [5.74, 6) is 1.44. The van der Waals surface area contributed by atoms with E-state index < -0.39 is 10.0 Å². The highest BCUT2D eigenvalue weighted by atomic mass is 32.2. The number of sulfonamides is 1. The number of fused-ring (bicyclic) bond motifs is 1. The zero-order valence-electron chi connectivity index (χ0n) is 13.8. The molecule has 0 radical (unpaired) electrons. The molecule has 1 heterocycles. The van der Waals surface area contributed by atoms with E-state index in [-0.39, 0.29) is 4.90 Å². The minimum atomic E-state index is -3.68. The molecule has 6 heteroatoms. The van der Waals surface area contributed by atoms with Gasteiger partial charge in [0.1, 0.15) is 0 Å². The Bertz CT molecular complexity index is 813. The predicted octanol–water partition coefficient (Wildman–Crippen LogP) is 3.77. The van der Waals surface area contributed by atoms with Crippen molar-refractivity contribution in [1.82, 2.24) is 0 Å². The summed E-state index contributed by atoms with van der Waals surface area (Å²) in [5.41, 5.74) is 1.69. The molecule has 0 saturated heterocycles. The molecule has 1 aliphatic rings. The van der Waals surface area contributed by atoms with Gasteiger partial charge in [0.25, 0.3) is 10.0 Å². The van der Waals surface area contributed by atoms with E-state index in [2.05, 4.69) is 18.6 Å². The molecule has 0 bridgehead atoms. The van der Waals surface area contributed by atoms with Crippen LogP contribution in [0.3, 0.4) is 0 Å². The van der Waals surface area contributed by atoms with Crippen molar-refractivity contribution in [3.63, 3.8) is 0 Å². The first-order valence-electron chi connectivity index (χ1n) is 7.98. The number of benzene rings is 2. The first-order valence-corrected chi connectivity index (χ1v) is 9.46. The fraction of sp³-hybridized carbons (Fsp3) is 0.333. The molecule has 0 aromatic heterocycles. The van der Waals surface area contributed by atoms with Crippen LogP contribution >= 0.6 is 0 Å². The lowest BCUT2D eigenvalue weighted by molar-refractivity contribution is 0.297. The van der Waals surface area contributed by atoms with Crippen LogP contribution in [0.5, 0.6) is 11.5 Å². The number of rotatable bonds is 4. The molecule has 0 fully saturated rings. The Morgan fingerprint density at radius 2 is 1.62 bits per heavy atom. The molecule has 0 spiro atoms. The molecule has 2 aromatic rings. The van der Waals surface area contributed by atoms with Crippen molar-refractivity contribution in [1.29, 1.82) is 0 Å². The fourth-order valence-electron chi connectivity index (χ4n) is 2.46. The van der Waals surface area contributed by atoms with Crippen molar-refractivity contribution in [3.05, 3.63) is 48.0 Å². The highest BCUT2D eigenvalue weighted by Crippen LogP contribution is 2.32. The van der Waals surface area contributed by atoms with E-state index in [4.69, 9.17) is 9.47 Å². The molecule has 0 aliphatic carbocycles. The van der Waals surface area contributed by atoms with Crippen LogP contribution in [0.1, 0.15) is 31.7 Å². The van der Waals surface area contributed by atoms with Crippen LogP contribution < -0.4 is 14.2 Å². The Balaban J connectivity index is 1.83. The lowest BCUT2D eigenvalue weighted by Crippen LogP contribution is -2.13. The van der Waals surface area contributed by atoms with Crippen molar-refractivity contribution in [2.24, 2.45) is 0 Å². The van der Waals surface area contributed by atoms with Crippen LogP contribution in [0, 0.1) is 0 Å². The zero-order valence-corrected chi connectivity index (χ0v) is 14.6. The summed E-state index contributed by atoms with van der Waals surface area (Å²) in [5, 5.41) is 0. The van der Waals surface area contributed by atoms with Gasteiger partial charge in [-0.2, -0.15) is 0 Å². The Morgan fingerprint density at radius 3 is 2.29 bits per heavy atom. The largest absolute Gasteiger partial charge is 0.490 e. The maximum atomic E-state index is 12.6. The van der Waals surface area contributed by atoms with Crippen molar-refractivity contribution < 1.29 is 17.9 Å². The summed E-state index contributed by atoms with van der Waals surface area (Å²) >= 11 is 0. The number of anilines is 1. The summed E-state index contributed by atoms with van der Waals surface area (Å²) in [6, 6.07) is 12.1. The van der Waals surface area contributed by atoms with Crippen molar-refractivity contribution in [2.45, 2.75) is 31.1 Å². The quantitative estimate of drug-likeness (QED) is 0.914. The summed E-state index contributed by atoms with van der Waals surface area (Å²) in [6.07, 6.45) is 0.775. The summed E-state index contributed by atoms with van der Waals surface area (Å²) in [6.45, 7) is 5.27. The number of ether oxygens (including phenoxy) is 2. The van der Waals surface area contributed by atoms with Crippen molar-refractivity contribution in [2.75, 3.05) is 17.9 Å². The zero-order chi connectivity index (χ0) is 17.2. The van der Waals surface area contributed by atoms with Gasteiger partial charge in [0.15, 0.2) is 11.5 Å². The van der Waals surface area contributed by atoms with Gasteiger partial charge in [0.05, 0.1) is 18.1 Å². The topological polar surface area (TPSA) is 64.6 Å². The van der Waals surface area contributed by atoms with Gasteiger partial charge in [0.2, 0.25) is 0 Å². The molecule has 2 aromatic carbocycles. The lowest BCUT2D eigenvalue weighted by atomic mass is 10.0. The second kappa shape index (κ2) is 6.73. The second-order valence-electron chi connectivity index (χ2n) is 6.04. The molecule has 1 aliphatic heterocycles. The maximum Gasteiger partial charge on any atom is 0.262 e. The Labute approximate surface area is 142 Å². The van der Waals surface area contributed by atoms with Crippen LogP contribution in [0.15, 0.2) is 47.4 Å². The van der Waals surface area contributed by atoms with Crippen LogP contribution in [0.25, 0.3) is 0 Å². The van der Waals surface area contributed by atoms with Crippen LogP contribution in [0.4, 0.5) is 5.69 Å². The van der Waals surface area contributed by atoms with Crippen LogP contribution in [-0.2, 0) is 10.0 Å². The summed E-state index contributed by atoms with van der Waals surface area (Å²) in [4.78, 5) is 0.152. The van der Waals surface area contributed by atoms with E-state index in [9.17, 15) is 8.42 Å². The predicted molar refractivity (Wildman–Crippen MR) is 93.4 cm³/mol. The van der Waals surface area contributed by atoms with Crippen LogP contribution in [0.2, 0.25) is 0 Å². The SMILES string of the molecule is CC(C)c1ccc(NS(=O)(=O)c2ccc3c(c2)OCCCO3)cc1. The Hall–Kier alpha value is -2.21. The minimum absolute atomic E-state index is 0.152. The van der Waals surface area contributed by atoms with Gasteiger partial charge < -0.3 is 9.47 Å². The first-order chi connectivity index (χ1) is 11.5.